The molecule has 3 aromatic rings. The number of nitrogens with one attached hydrogen (secondary N) is 2. The van der Waals surface area contributed by atoms with E-state index in [0.29, 0.717) is 46.0 Å². The van der Waals surface area contributed by atoms with Gasteiger partial charge in [0.05, 0.1) is 24.6 Å². The van der Waals surface area contributed by atoms with E-state index in [1.165, 1.54) is 11.8 Å². The molecule has 0 fully saturated rings. The number of carbonyl (C=O) groups is 2. The number of rotatable bonds is 10. The molecule has 0 saturated carbocycles. The lowest BCUT2D eigenvalue weighted by Gasteiger charge is -2.22. The van der Waals surface area contributed by atoms with E-state index in [1.807, 2.05) is 50.5 Å². The Bertz CT molecular complexity index is 1290. The van der Waals surface area contributed by atoms with Gasteiger partial charge in [0.25, 0.3) is 5.91 Å². The van der Waals surface area contributed by atoms with Crippen LogP contribution in [0.15, 0.2) is 41.6 Å². The first-order valence-electron chi connectivity index (χ1n) is 12.0. The van der Waals surface area contributed by atoms with Crippen molar-refractivity contribution < 1.29 is 23.8 Å². The zero-order chi connectivity index (χ0) is 26.5. The highest BCUT2D eigenvalue weighted by atomic mass is 32.2. The molecule has 2 amide bonds. The number of amides is 2. The van der Waals surface area contributed by atoms with Crippen LogP contribution in [-0.2, 0) is 11.3 Å². The molecule has 196 valence electrons. The van der Waals surface area contributed by atoms with E-state index >= 15 is 0 Å². The number of nitrogens with zero attached hydrogens (tertiary/aromatic N) is 3. The number of fused-ring (bicyclic) bond motifs is 1. The molecule has 0 spiro atoms. The van der Waals surface area contributed by atoms with Crippen LogP contribution in [0.4, 0.5) is 5.69 Å². The fourth-order valence-electron chi connectivity index (χ4n) is 3.96. The molecule has 1 unspecified atom stereocenters. The second kappa shape index (κ2) is 11.5. The van der Waals surface area contributed by atoms with Crippen molar-refractivity contribution >= 4 is 29.3 Å². The molecule has 1 aliphatic heterocycles. The second-order valence-electron chi connectivity index (χ2n) is 8.89. The number of thioether (sulfide) groups is 1. The molecular weight excluding hydrogens is 494 g/mol. The number of aromatic nitrogens is 3. The second-order valence-corrected chi connectivity index (χ2v) is 9.83. The van der Waals surface area contributed by atoms with Crippen LogP contribution >= 0.6 is 11.8 Å². The van der Waals surface area contributed by atoms with Crippen LogP contribution < -0.4 is 24.8 Å². The van der Waals surface area contributed by atoms with Crippen molar-refractivity contribution in [2.45, 2.75) is 45.4 Å². The van der Waals surface area contributed by atoms with Crippen LogP contribution in [0.1, 0.15) is 48.6 Å². The fraction of sp³-hybridized carbons (Fsp3) is 0.385. The SMILES string of the molecule is CCn1c(SCC(=O)Nc2cc(C)ccc2OC)nnc1C(NC(=O)c1ccc2c(c1)OCO2)C(C)C. The molecule has 1 aromatic heterocycles. The number of hydrogen-bond donors (Lipinski definition) is 2. The Morgan fingerprint density at radius 2 is 1.92 bits per heavy atom. The van der Waals surface area contributed by atoms with E-state index in [1.54, 1.807) is 25.3 Å². The summed E-state index contributed by atoms with van der Waals surface area (Å²) in [5.74, 6) is 2.16. The predicted octanol–water partition coefficient (Wildman–Crippen LogP) is 4.20. The van der Waals surface area contributed by atoms with Crippen LogP contribution in [0.25, 0.3) is 0 Å². The fourth-order valence-corrected chi connectivity index (χ4v) is 4.77. The summed E-state index contributed by atoms with van der Waals surface area (Å²) < 4.78 is 18.0. The zero-order valence-corrected chi connectivity index (χ0v) is 22.3. The zero-order valence-electron chi connectivity index (χ0n) is 21.5. The summed E-state index contributed by atoms with van der Waals surface area (Å²) in [6.45, 7) is 8.67. The quantitative estimate of drug-likeness (QED) is 0.378. The maximum absolute atomic E-state index is 13.1. The van der Waals surface area contributed by atoms with E-state index in [9.17, 15) is 9.59 Å². The van der Waals surface area contributed by atoms with Gasteiger partial charge in [-0.2, -0.15) is 0 Å². The lowest BCUT2D eigenvalue weighted by atomic mass is 10.0. The molecule has 37 heavy (non-hydrogen) atoms. The van der Waals surface area contributed by atoms with E-state index < -0.39 is 0 Å². The van der Waals surface area contributed by atoms with Gasteiger partial charge in [-0.1, -0.05) is 31.7 Å². The number of ether oxygens (including phenoxy) is 3. The van der Waals surface area contributed by atoms with Crippen LogP contribution in [-0.4, -0.2) is 46.2 Å². The summed E-state index contributed by atoms with van der Waals surface area (Å²) in [6.07, 6.45) is 0. The lowest BCUT2D eigenvalue weighted by molar-refractivity contribution is -0.113. The van der Waals surface area contributed by atoms with Crippen molar-refractivity contribution in [1.29, 1.82) is 0 Å². The molecule has 2 N–H and O–H groups in total. The molecule has 1 aliphatic rings. The number of aryl methyl sites for hydroxylation is 1. The van der Waals surface area contributed by atoms with Crippen molar-refractivity contribution in [3.8, 4) is 17.2 Å². The van der Waals surface area contributed by atoms with Gasteiger partial charge in [-0.3, -0.25) is 9.59 Å². The smallest absolute Gasteiger partial charge is 0.252 e. The Morgan fingerprint density at radius 3 is 2.65 bits per heavy atom. The molecule has 11 heteroatoms. The molecule has 4 rings (SSSR count). The normalized spacial score (nSPS) is 12.9. The minimum atomic E-state index is -0.384. The van der Waals surface area contributed by atoms with Gasteiger partial charge in [0.1, 0.15) is 5.75 Å². The summed E-state index contributed by atoms with van der Waals surface area (Å²) in [7, 11) is 1.57. The molecule has 2 heterocycles. The lowest BCUT2D eigenvalue weighted by Crippen LogP contribution is -2.33. The standard InChI is InChI=1S/C26H31N5O5S/c1-6-31-24(23(15(2)3)28-25(33)17-8-10-20-21(12-17)36-14-35-20)29-30-26(31)37-13-22(32)27-18-11-16(4)7-9-19(18)34-5/h7-12,15,23H,6,13-14H2,1-5H3,(H,27,32)(H,28,33). The maximum Gasteiger partial charge on any atom is 0.252 e. The van der Waals surface area contributed by atoms with Crippen molar-refractivity contribution in [2.24, 2.45) is 5.92 Å². The first kappa shape index (κ1) is 26.3. The highest BCUT2D eigenvalue weighted by molar-refractivity contribution is 7.99. The van der Waals surface area contributed by atoms with Crippen molar-refractivity contribution in [3.05, 3.63) is 53.3 Å². The summed E-state index contributed by atoms with van der Waals surface area (Å²) in [5.41, 5.74) is 2.11. The molecule has 0 aliphatic carbocycles. The van der Waals surface area contributed by atoms with Crippen molar-refractivity contribution in [2.75, 3.05) is 25.0 Å². The summed E-state index contributed by atoms with van der Waals surface area (Å²) in [6, 6.07) is 10.3. The number of carbonyl (C=O) groups excluding carboxylic acids is 2. The van der Waals surface area contributed by atoms with Crippen molar-refractivity contribution in [3.63, 3.8) is 0 Å². The monoisotopic (exact) mass is 525 g/mol. The third-order valence-corrected chi connectivity index (χ3v) is 6.86. The Labute approximate surface area is 220 Å². The topological polar surface area (TPSA) is 117 Å². The molecular formula is C26H31N5O5S. The van der Waals surface area contributed by atoms with Crippen LogP contribution in [0, 0.1) is 12.8 Å². The Kier molecular flexibility index (Phi) is 8.22. The number of hydrogen-bond acceptors (Lipinski definition) is 8. The molecule has 0 saturated heterocycles. The largest absolute Gasteiger partial charge is 0.495 e. The predicted molar refractivity (Wildman–Crippen MR) is 140 cm³/mol. The Balaban J connectivity index is 1.45. The molecule has 2 aromatic carbocycles. The number of methoxy groups -OCH3 is 1. The van der Waals surface area contributed by atoms with Crippen LogP contribution in [0.5, 0.6) is 17.2 Å². The summed E-state index contributed by atoms with van der Waals surface area (Å²) in [5, 5.41) is 15.3. The Hall–Kier alpha value is -3.73. The van der Waals surface area contributed by atoms with Gasteiger partial charge < -0.3 is 29.4 Å². The average Bonchev–Trinajstić information content (AvgIpc) is 3.51. The molecule has 10 nitrogen and oxygen atoms in total. The first-order valence-corrected chi connectivity index (χ1v) is 13.0. The van der Waals surface area contributed by atoms with Gasteiger partial charge in [0, 0.05) is 12.1 Å². The van der Waals surface area contributed by atoms with E-state index in [2.05, 4.69) is 20.8 Å². The molecule has 0 bridgehead atoms. The van der Waals surface area contributed by atoms with E-state index in [4.69, 9.17) is 14.2 Å². The molecule has 0 radical (unpaired) electrons. The highest BCUT2D eigenvalue weighted by Crippen LogP contribution is 2.33. The van der Waals surface area contributed by atoms with Crippen molar-refractivity contribution in [1.82, 2.24) is 20.1 Å². The van der Waals surface area contributed by atoms with E-state index in [-0.39, 0.29) is 36.3 Å². The van der Waals surface area contributed by atoms with Crippen LogP contribution in [0.2, 0.25) is 0 Å². The summed E-state index contributed by atoms with van der Waals surface area (Å²) in [4.78, 5) is 25.7. The number of anilines is 1. The minimum Gasteiger partial charge on any atom is -0.495 e. The average molecular weight is 526 g/mol. The van der Waals surface area contributed by atoms with Gasteiger partial charge in [-0.05, 0) is 55.7 Å². The third kappa shape index (κ3) is 5.99. The van der Waals surface area contributed by atoms with Gasteiger partial charge >= 0.3 is 0 Å². The van der Waals surface area contributed by atoms with Gasteiger partial charge in [-0.25, -0.2) is 0 Å². The highest BCUT2D eigenvalue weighted by Gasteiger charge is 2.27. The first-order chi connectivity index (χ1) is 17.8. The van der Waals surface area contributed by atoms with Gasteiger partial charge in [0.2, 0.25) is 12.7 Å². The number of benzene rings is 2. The van der Waals surface area contributed by atoms with Gasteiger partial charge in [-0.15, -0.1) is 10.2 Å². The Morgan fingerprint density at radius 1 is 1.14 bits per heavy atom. The minimum absolute atomic E-state index is 0.0439. The van der Waals surface area contributed by atoms with Gasteiger partial charge in [0.15, 0.2) is 22.5 Å². The van der Waals surface area contributed by atoms with E-state index in [0.717, 1.165) is 5.56 Å². The third-order valence-electron chi connectivity index (χ3n) is 5.89. The molecule has 1 atom stereocenters. The summed E-state index contributed by atoms with van der Waals surface area (Å²) >= 11 is 1.29. The maximum atomic E-state index is 13.1. The van der Waals surface area contributed by atoms with Crippen LogP contribution in [0.3, 0.4) is 0 Å².